The van der Waals surface area contributed by atoms with E-state index in [1.165, 1.54) is 0 Å². The monoisotopic (exact) mass is 241 g/mol. The minimum Gasteiger partial charge on any atom is -0.390 e. The van der Waals surface area contributed by atoms with Crippen LogP contribution in [0.3, 0.4) is 0 Å². The largest absolute Gasteiger partial charge is 0.390 e. The van der Waals surface area contributed by atoms with Gasteiger partial charge in [0.2, 0.25) is 0 Å². The van der Waals surface area contributed by atoms with E-state index in [-0.39, 0.29) is 12.1 Å². The van der Waals surface area contributed by atoms with Gasteiger partial charge < -0.3 is 20.2 Å². The normalized spacial score (nSPS) is 30.6. The van der Waals surface area contributed by atoms with Crippen LogP contribution in [0.2, 0.25) is 0 Å². The van der Waals surface area contributed by atoms with Crippen molar-refractivity contribution in [3.05, 3.63) is 0 Å². The molecule has 2 aliphatic heterocycles. The van der Waals surface area contributed by atoms with Crippen molar-refractivity contribution in [1.29, 1.82) is 0 Å². The number of nitrogens with zero attached hydrogens (tertiary/aromatic N) is 2. The molecule has 98 valence electrons. The van der Waals surface area contributed by atoms with Crippen molar-refractivity contribution >= 4 is 6.03 Å². The number of likely N-dealkylation sites (N-methyl/N-ethyl adjacent to an activating group) is 1. The smallest absolute Gasteiger partial charge is 0.320 e. The molecule has 2 saturated heterocycles. The fraction of sp³-hybridized carbons (Fsp3) is 0.917. The molecule has 2 atom stereocenters. The van der Waals surface area contributed by atoms with E-state index in [1.54, 1.807) is 11.9 Å². The van der Waals surface area contributed by atoms with Gasteiger partial charge in [-0.05, 0) is 18.8 Å². The van der Waals surface area contributed by atoms with Gasteiger partial charge in [0.05, 0.1) is 12.1 Å². The first-order valence-corrected chi connectivity index (χ1v) is 6.50. The van der Waals surface area contributed by atoms with Crippen molar-refractivity contribution in [2.45, 2.75) is 31.9 Å². The number of hydrogen-bond donors (Lipinski definition) is 2. The topological polar surface area (TPSA) is 55.8 Å². The third-order valence-corrected chi connectivity index (χ3v) is 4.00. The summed E-state index contributed by atoms with van der Waals surface area (Å²) < 4.78 is 0. The molecule has 2 aliphatic rings. The van der Waals surface area contributed by atoms with Crippen LogP contribution in [0.15, 0.2) is 0 Å². The first-order valence-electron chi connectivity index (χ1n) is 6.50. The first kappa shape index (κ1) is 12.6. The molecule has 0 spiro atoms. The predicted molar refractivity (Wildman–Crippen MR) is 65.8 cm³/mol. The minimum absolute atomic E-state index is 0.0599. The van der Waals surface area contributed by atoms with Crippen LogP contribution in [-0.4, -0.2) is 66.3 Å². The van der Waals surface area contributed by atoms with Crippen LogP contribution in [0, 0.1) is 5.92 Å². The summed E-state index contributed by atoms with van der Waals surface area (Å²) in [5.74, 6) is 0.725. The van der Waals surface area contributed by atoms with E-state index in [2.05, 4.69) is 12.2 Å². The van der Waals surface area contributed by atoms with Crippen molar-refractivity contribution in [1.82, 2.24) is 15.1 Å². The molecule has 0 aromatic rings. The van der Waals surface area contributed by atoms with Gasteiger partial charge in [-0.15, -0.1) is 0 Å². The van der Waals surface area contributed by atoms with Crippen LogP contribution < -0.4 is 5.32 Å². The van der Waals surface area contributed by atoms with Gasteiger partial charge in [-0.25, -0.2) is 4.79 Å². The average molecular weight is 241 g/mol. The number of hydrogen-bond acceptors (Lipinski definition) is 3. The SMILES string of the molecule is CC1CCN(C(=O)N(C)[C@H]2CNC[C@@H]2O)CC1. The van der Waals surface area contributed by atoms with Crippen molar-refractivity contribution in [2.75, 3.05) is 33.2 Å². The minimum atomic E-state index is -0.437. The highest BCUT2D eigenvalue weighted by Gasteiger charge is 2.33. The average Bonchev–Trinajstić information content (AvgIpc) is 2.74. The molecule has 0 saturated carbocycles. The predicted octanol–water partition coefficient (Wildman–Crippen LogP) is 0.103. The number of urea groups is 1. The Labute approximate surface area is 103 Å². The lowest BCUT2D eigenvalue weighted by molar-refractivity contribution is 0.0865. The summed E-state index contributed by atoms with van der Waals surface area (Å²) in [5.41, 5.74) is 0. The van der Waals surface area contributed by atoms with Gasteiger partial charge in [-0.1, -0.05) is 6.92 Å². The maximum absolute atomic E-state index is 12.3. The van der Waals surface area contributed by atoms with Crippen molar-refractivity contribution in [3.63, 3.8) is 0 Å². The van der Waals surface area contributed by atoms with Gasteiger partial charge in [-0.2, -0.15) is 0 Å². The zero-order chi connectivity index (χ0) is 12.4. The van der Waals surface area contributed by atoms with Crippen LogP contribution >= 0.6 is 0 Å². The maximum atomic E-state index is 12.3. The number of aliphatic hydroxyl groups excluding tert-OH is 1. The Balaban J connectivity index is 1.90. The molecule has 2 heterocycles. The van der Waals surface area contributed by atoms with E-state index in [0.29, 0.717) is 13.1 Å². The van der Waals surface area contributed by atoms with Crippen LogP contribution in [0.1, 0.15) is 19.8 Å². The molecule has 0 aromatic heterocycles. The summed E-state index contributed by atoms with van der Waals surface area (Å²) in [6, 6.07) is -0.0218. The summed E-state index contributed by atoms with van der Waals surface area (Å²) in [5, 5.41) is 12.9. The van der Waals surface area contributed by atoms with Gasteiger partial charge in [0.1, 0.15) is 0 Å². The maximum Gasteiger partial charge on any atom is 0.320 e. The van der Waals surface area contributed by atoms with E-state index in [0.717, 1.165) is 31.8 Å². The standard InChI is InChI=1S/C12H23N3O2/c1-9-3-5-15(6-4-9)12(17)14(2)10-7-13-8-11(10)16/h9-11,13,16H,3-8H2,1-2H3/t10-,11-/m0/s1. The second-order valence-electron chi connectivity index (χ2n) is 5.36. The summed E-state index contributed by atoms with van der Waals surface area (Å²) >= 11 is 0. The quantitative estimate of drug-likeness (QED) is 0.685. The first-order chi connectivity index (χ1) is 8.09. The van der Waals surface area contributed by atoms with E-state index >= 15 is 0 Å². The molecule has 0 aliphatic carbocycles. The van der Waals surface area contributed by atoms with Crippen LogP contribution in [-0.2, 0) is 0 Å². The summed E-state index contributed by atoms with van der Waals surface area (Å²) in [6.07, 6.45) is 1.74. The molecular formula is C12H23N3O2. The molecule has 2 N–H and O–H groups in total. The van der Waals surface area contributed by atoms with Gasteiger partial charge >= 0.3 is 6.03 Å². The molecule has 2 rings (SSSR count). The number of likely N-dealkylation sites (tertiary alicyclic amines) is 1. The number of rotatable bonds is 1. The molecule has 5 nitrogen and oxygen atoms in total. The third-order valence-electron chi connectivity index (χ3n) is 4.00. The highest BCUT2D eigenvalue weighted by Crippen LogP contribution is 2.18. The Morgan fingerprint density at radius 1 is 1.35 bits per heavy atom. The number of β-amino-alcohol motifs (C(OH)–C–C–N with tert-alkyl or cyclic N) is 1. The summed E-state index contributed by atoms with van der Waals surface area (Å²) in [6.45, 7) is 5.20. The number of piperidine rings is 1. The molecule has 17 heavy (non-hydrogen) atoms. The van der Waals surface area contributed by atoms with E-state index in [1.807, 2.05) is 4.90 Å². The van der Waals surface area contributed by atoms with Gasteiger partial charge in [0.25, 0.3) is 0 Å². The van der Waals surface area contributed by atoms with E-state index < -0.39 is 6.10 Å². The van der Waals surface area contributed by atoms with Gasteiger partial charge in [-0.3, -0.25) is 0 Å². The van der Waals surface area contributed by atoms with Crippen LogP contribution in [0.25, 0.3) is 0 Å². The van der Waals surface area contributed by atoms with Crippen molar-refractivity contribution < 1.29 is 9.90 Å². The van der Waals surface area contributed by atoms with E-state index in [9.17, 15) is 9.90 Å². The Bertz CT molecular complexity index is 277. The van der Waals surface area contributed by atoms with Crippen molar-refractivity contribution in [3.8, 4) is 0 Å². The number of amides is 2. The number of carbonyl (C=O) groups excluding carboxylic acids is 1. The summed E-state index contributed by atoms with van der Waals surface area (Å²) in [4.78, 5) is 15.9. The second kappa shape index (κ2) is 5.23. The molecule has 2 amide bonds. The zero-order valence-corrected chi connectivity index (χ0v) is 10.7. The number of nitrogens with one attached hydrogen (secondary N) is 1. The van der Waals surface area contributed by atoms with Crippen molar-refractivity contribution in [2.24, 2.45) is 5.92 Å². The highest BCUT2D eigenvalue weighted by atomic mass is 16.3. The highest BCUT2D eigenvalue weighted by molar-refractivity contribution is 5.74. The molecular weight excluding hydrogens is 218 g/mol. The molecule has 0 aromatic carbocycles. The Morgan fingerprint density at radius 2 is 2.00 bits per heavy atom. The lowest BCUT2D eigenvalue weighted by Gasteiger charge is -2.36. The van der Waals surface area contributed by atoms with Crippen LogP contribution in [0.5, 0.6) is 0 Å². The van der Waals surface area contributed by atoms with Crippen LogP contribution in [0.4, 0.5) is 4.79 Å². The van der Waals surface area contributed by atoms with Gasteiger partial charge in [0.15, 0.2) is 0 Å². The molecule has 0 bridgehead atoms. The molecule has 0 unspecified atom stereocenters. The Kier molecular flexibility index (Phi) is 3.89. The zero-order valence-electron chi connectivity index (χ0n) is 10.7. The number of aliphatic hydroxyl groups is 1. The Hall–Kier alpha value is -0.810. The fourth-order valence-corrected chi connectivity index (χ4v) is 2.61. The third kappa shape index (κ3) is 2.72. The fourth-order valence-electron chi connectivity index (χ4n) is 2.61. The molecule has 2 fully saturated rings. The second-order valence-corrected chi connectivity index (χ2v) is 5.36. The Morgan fingerprint density at radius 3 is 2.53 bits per heavy atom. The molecule has 5 heteroatoms. The number of carbonyl (C=O) groups is 1. The van der Waals surface area contributed by atoms with Gasteiger partial charge in [0, 0.05) is 33.2 Å². The van der Waals surface area contributed by atoms with E-state index in [4.69, 9.17) is 0 Å². The lowest BCUT2D eigenvalue weighted by Crippen LogP contribution is -2.51. The summed E-state index contributed by atoms with van der Waals surface area (Å²) in [7, 11) is 1.79. The lowest BCUT2D eigenvalue weighted by atomic mass is 9.99. The molecule has 0 radical (unpaired) electrons.